The number of aliphatic hydroxyl groups excluding tert-OH is 1. The Bertz CT molecular complexity index is 1570. The van der Waals surface area contributed by atoms with Gasteiger partial charge in [-0.15, -0.1) is 0 Å². The summed E-state index contributed by atoms with van der Waals surface area (Å²) in [5.74, 6) is 1.13. The highest BCUT2D eigenvalue weighted by Gasteiger charge is 2.27. The van der Waals surface area contributed by atoms with Crippen LogP contribution in [0.5, 0.6) is 0 Å². The average molecular weight is 524 g/mol. The van der Waals surface area contributed by atoms with Crippen LogP contribution in [0, 0.1) is 18.8 Å². The van der Waals surface area contributed by atoms with E-state index in [4.69, 9.17) is 10.1 Å². The Hall–Kier alpha value is -4.04. The maximum absolute atomic E-state index is 12.8. The van der Waals surface area contributed by atoms with Crippen LogP contribution < -0.4 is 5.32 Å². The Labute approximate surface area is 227 Å². The Morgan fingerprint density at radius 2 is 1.95 bits per heavy atom. The summed E-state index contributed by atoms with van der Waals surface area (Å²) in [6, 6.07) is 15.6. The fraction of sp³-hybridized carbons (Fsp3) is 0.355. The van der Waals surface area contributed by atoms with E-state index in [0.29, 0.717) is 36.6 Å². The van der Waals surface area contributed by atoms with Gasteiger partial charge in [-0.05, 0) is 48.9 Å². The lowest BCUT2D eigenvalue weighted by Gasteiger charge is -2.15. The second-order valence-corrected chi connectivity index (χ2v) is 11.0. The molecule has 39 heavy (non-hydrogen) atoms. The summed E-state index contributed by atoms with van der Waals surface area (Å²) in [4.78, 5) is 31.3. The number of benzene rings is 2. The van der Waals surface area contributed by atoms with Crippen molar-refractivity contribution in [2.45, 2.75) is 39.2 Å². The molecule has 4 aromatic rings. The number of likely N-dealkylation sites (tertiary alicyclic amines) is 1. The molecule has 1 aliphatic heterocycles. The fourth-order valence-electron chi connectivity index (χ4n) is 5.51. The molecule has 1 unspecified atom stereocenters. The predicted molar refractivity (Wildman–Crippen MR) is 150 cm³/mol. The third kappa shape index (κ3) is 5.04. The van der Waals surface area contributed by atoms with Crippen LogP contribution in [0.4, 0.5) is 5.69 Å². The summed E-state index contributed by atoms with van der Waals surface area (Å²) < 4.78 is 1.83. The summed E-state index contributed by atoms with van der Waals surface area (Å²) >= 11 is 0. The largest absolute Gasteiger partial charge is 0.392 e. The Morgan fingerprint density at radius 3 is 2.67 bits per heavy atom. The number of aromatic nitrogens is 3. The van der Waals surface area contributed by atoms with Crippen molar-refractivity contribution in [1.29, 1.82) is 0 Å². The molecular formula is C31H33N5O3. The molecule has 8 nitrogen and oxygen atoms in total. The molecule has 2 fully saturated rings. The number of nitrogens with zero attached hydrogens (tertiary/aromatic N) is 4. The molecule has 1 aliphatic carbocycles. The molecule has 0 radical (unpaired) electrons. The molecule has 0 spiro atoms. The van der Waals surface area contributed by atoms with Crippen LogP contribution in [0.3, 0.4) is 0 Å². The van der Waals surface area contributed by atoms with Gasteiger partial charge in [-0.2, -0.15) is 5.10 Å². The van der Waals surface area contributed by atoms with Gasteiger partial charge in [0.15, 0.2) is 11.4 Å². The molecule has 1 amide bonds. The van der Waals surface area contributed by atoms with Crippen molar-refractivity contribution >= 4 is 23.0 Å². The first-order valence-electron chi connectivity index (χ1n) is 13.6. The van der Waals surface area contributed by atoms with E-state index < -0.39 is 0 Å². The van der Waals surface area contributed by atoms with Gasteiger partial charge in [0.05, 0.1) is 29.9 Å². The maximum Gasteiger partial charge on any atom is 0.222 e. The van der Waals surface area contributed by atoms with Crippen molar-refractivity contribution in [3.05, 3.63) is 71.4 Å². The van der Waals surface area contributed by atoms with E-state index in [9.17, 15) is 14.7 Å². The summed E-state index contributed by atoms with van der Waals surface area (Å²) in [5, 5.41) is 18.5. The number of aryl methyl sites for hydroxylation is 1. The molecule has 1 atom stereocenters. The predicted octanol–water partition coefficient (Wildman–Crippen LogP) is 4.74. The first kappa shape index (κ1) is 25.2. The number of hydrogen-bond donors (Lipinski definition) is 2. The van der Waals surface area contributed by atoms with Crippen LogP contribution in [0.15, 0.2) is 54.7 Å². The van der Waals surface area contributed by atoms with E-state index in [1.165, 1.54) is 0 Å². The number of Topliss-reactive ketones (excluding diaryl/α,β-unsaturated/α-hetero) is 1. The van der Waals surface area contributed by atoms with Gasteiger partial charge in [0.1, 0.15) is 0 Å². The minimum Gasteiger partial charge on any atom is -0.392 e. The number of carbonyl (C=O) groups excluding carboxylic acids is 2. The minimum atomic E-state index is -0.0957. The molecule has 200 valence electrons. The first-order chi connectivity index (χ1) is 18.9. The van der Waals surface area contributed by atoms with Crippen molar-refractivity contribution in [2.24, 2.45) is 11.8 Å². The molecule has 3 heterocycles. The van der Waals surface area contributed by atoms with Gasteiger partial charge in [-0.25, -0.2) is 9.50 Å². The molecule has 2 aliphatic rings. The number of hydrogen-bond acceptors (Lipinski definition) is 6. The van der Waals surface area contributed by atoms with Gasteiger partial charge in [0.25, 0.3) is 0 Å². The zero-order valence-electron chi connectivity index (χ0n) is 22.4. The van der Waals surface area contributed by atoms with Crippen LogP contribution in [0.2, 0.25) is 0 Å². The van der Waals surface area contributed by atoms with E-state index >= 15 is 0 Å². The average Bonchev–Trinajstić information content (AvgIpc) is 3.55. The normalized spacial score (nSPS) is 17.3. The number of aliphatic hydroxyl groups is 1. The third-order valence-electron chi connectivity index (χ3n) is 7.93. The van der Waals surface area contributed by atoms with E-state index in [1.807, 2.05) is 73.2 Å². The molecule has 8 heteroatoms. The molecule has 1 saturated carbocycles. The van der Waals surface area contributed by atoms with Crippen LogP contribution in [0.1, 0.15) is 47.2 Å². The van der Waals surface area contributed by atoms with Crippen molar-refractivity contribution in [3.63, 3.8) is 0 Å². The molecular weight excluding hydrogens is 490 g/mol. The van der Waals surface area contributed by atoms with Crippen LogP contribution in [-0.4, -0.2) is 56.4 Å². The van der Waals surface area contributed by atoms with E-state index in [0.717, 1.165) is 58.6 Å². The number of carbonyl (C=O) groups is 2. The Balaban J connectivity index is 1.40. The maximum atomic E-state index is 12.8. The number of ketones is 1. The zero-order valence-corrected chi connectivity index (χ0v) is 22.4. The van der Waals surface area contributed by atoms with Crippen molar-refractivity contribution < 1.29 is 14.7 Å². The van der Waals surface area contributed by atoms with E-state index in [1.54, 1.807) is 4.90 Å². The number of anilines is 1. The molecule has 2 aromatic carbocycles. The van der Waals surface area contributed by atoms with E-state index in [2.05, 4.69) is 5.32 Å². The lowest BCUT2D eigenvalue weighted by atomic mass is 9.98. The van der Waals surface area contributed by atoms with E-state index in [-0.39, 0.29) is 24.2 Å². The highest BCUT2D eigenvalue weighted by molar-refractivity contribution is 5.98. The van der Waals surface area contributed by atoms with Crippen molar-refractivity contribution in [1.82, 2.24) is 19.5 Å². The Morgan fingerprint density at radius 1 is 1.13 bits per heavy atom. The highest BCUT2D eigenvalue weighted by Crippen LogP contribution is 2.35. The second-order valence-electron chi connectivity index (χ2n) is 11.0. The summed E-state index contributed by atoms with van der Waals surface area (Å²) in [6.07, 6.45) is 5.27. The SMILES string of the molecule is Cc1cc(-c2cnc3c(NCC4CC(=O)N(C)C4)cc(-c4ccccc4CO)nn23)ccc1C(=O)CC1CC1. The van der Waals surface area contributed by atoms with Gasteiger partial charge in [-0.3, -0.25) is 9.59 Å². The lowest BCUT2D eigenvalue weighted by molar-refractivity contribution is -0.126. The molecule has 2 aromatic heterocycles. The fourth-order valence-corrected chi connectivity index (χ4v) is 5.51. The quantitative estimate of drug-likeness (QED) is 0.308. The number of nitrogens with one attached hydrogen (secondary N) is 1. The third-order valence-corrected chi connectivity index (χ3v) is 7.93. The van der Waals surface area contributed by atoms with Gasteiger partial charge >= 0.3 is 0 Å². The summed E-state index contributed by atoms with van der Waals surface area (Å²) in [7, 11) is 1.84. The second kappa shape index (κ2) is 10.3. The number of amides is 1. The Kier molecular flexibility index (Phi) is 6.64. The molecule has 6 rings (SSSR count). The molecule has 2 N–H and O–H groups in total. The first-order valence-corrected chi connectivity index (χ1v) is 13.6. The highest BCUT2D eigenvalue weighted by atomic mass is 16.3. The number of rotatable bonds is 9. The van der Waals surface area contributed by atoms with Gasteiger partial charge in [-0.1, -0.05) is 36.4 Å². The van der Waals surface area contributed by atoms with Crippen LogP contribution >= 0.6 is 0 Å². The minimum absolute atomic E-state index is 0.0957. The van der Waals surface area contributed by atoms with Gasteiger partial charge < -0.3 is 15.3 Å². The standard InChI is InChI=1S/C31H33N5O3/c1-19-11-22(9-10-24(19)29(38)12-20-7-8-20)28-16-33-31-27(32-15-21-13-30(39)35(2)17-21)14-26(34-36(28)31)25-6-4-3-5-23(25)18-37/h3-6,9-11,14,16,20-21,32,37H,7-8,12-13,15,17-18H2,1-2H3. The monoisotopic (exact) mass is 523 g/mol. The summed E-state index contributed by atoms with van der Waals surface area (Å²) in [5.41, 5.74) is 7.31. The van der Waals surface area contributed by atoms with Crippen LogP contribution in [-0.2, 0) is 11.4 Å². The van der Waals surface area contributed by atoms with Crippen molar-refractivity contribution in [3.8, 4) is 22.5 Å². The summed E-state index contributed by atoms with van der Waals surface area (Å²) in [6.45, 7) is 3.24. The van der Waals surface area contributed by atoms with Gasteiger partial charge in [0.2, 0.25) is 5.91 Å². The number of fused-ring (bicyclic) bond motifs is 1. The topological polar surface area (TPSA) is 99.8 Å². The lowest BCUT2D eigenvalue weighted by Crippen LogP contribution is -2.21. The molecule has 1 saturated heterocycles. The van der Waals surface area contributed by atoms with Gasteiger partial charge in [0, 0.05) is 55.6 Å². The molecule has 0 bridgehead atoms. The zero-order chi connectivity index (χ0) is 27.1. The van der Waals surface area contributed by atoms with Crippen LogP contribution in [0.25, 0.3) is 28.2 Å². The smallest absolute Gasteiger partial charge is 0.222 e. The van der Waals surface area contributed by atoms with Crippen molar-refractivity contribution in [2.75, 3.05) is 25.5 Å². The number of imidazole rings is 1.